The molecule has 0 saturated carbocycles. The van der Waals surface area contributed by atoms with E-state index in [1.165, 1.54) is 12.1 Å². The van der Waals surface area contributed by atoms with Crippen molar-refractivity contribution in [1.29, 1.82) is 0 Å². The summed E-state index contributed by atoms with van der Waals surface area (Å²) in [5.41, 5.74) is 2.22. The van der Waals surface area contributed by atoms with Crippen LogP contribution >= 0.6 is 11.6 Å². The highest BCUT2D eigenvalue weighted by atomic mass is 35.5. The van der Waals surface area contributed by atoms with Gasteiger partial charge in [-0.3, -0.25) is 4.79 Å². The molecule has 2 aromatic carbocycles. The number of hydrogen-bond donors (Lipinski definition) is 0. The molecule has 1 aliphatic heterocycles. The summed E-state index contributed by atoms with van der Waals surface area (Å²) in [5.74, 6) is -0.614. The third-order valence-corrected chi connectivity index (χ3v) is 4.91. The minimum absolute atomic E-state index is 0.197. The molecule has 0 fully saturated rings. The second-order valence-corrected chi connectivity index (χ2v) is 6.47. The van der Waals surface area contributed by atoms with Crippen LogP contribution < -0.4 is 0 Å². The van der Waals surface area contributed by atoms with Gasteiger partial charge in [-0.1, -0.05) is 35.9 Å². The van der Waals surface area contributed by atoms with Gasteiger partial charge in [0.25, 0.3) is 5.91 Å². The number of carbonyl (C=O) groups is 1. The summed E-state index contributed by atoms with van der Waals surface area (Å²) in [6.07, 6.45) is 2.00. The molecular formula is C20H16ClFN2O. The molecule has 25 heavy (non-hydrogen) atoms. The Morgan fingerprint density at radius 1 is 1.04 bits per heavy atom. The van der Waals surface area contributed by atoms with E-state index in [-0.39, 0.29) is 11.9 Å². The third-order valence-electron chi connectivity index (χ3n) is 4.57. The van der Waals surface area contributed by atoms with E-state index >= 15 is 0 Å². The van der Waals surface area contributed by atoms with Crippen molar-refractivity contribution >= 4 is 17.5 Å². The highest BCUT2D eigenvalue weighted by Crippen LogP contribution is 2.36. The first-order valence-corrected chi connectivity index (χ1v) is 8.49. The van der Waals surface area contributed by atoms with Crippen LogP contribution in [-0.4, -0.2) is 21.9 Å². The quantitative estimate of drug-likeness (QED) is 0.664. The third kappa shape index (κ3) is 2.83. The number of nitrogens with zero attached hydrogens (tertiary/aromatic N) is 2. The Hall–Kier alpha value is -2.59. The Morgan fingerprint density at radius 3 is 2.68 bits per heavy atom. The monoisotopic (exact) mass is 354 g/mol. The average Bonchev–Trinajstić information content (AvgIpc) is 3.10. The van der Waals surface area contributed by atoms with E-state index in [4.69, 9.17) is 11.6 Å². The normalized spacial score (nSPS) is 16.6. The van der Waals surface area contributed by atoms with Crippen LogP contribution in [0.5, 0.6) is 0 Å². The van der Waals surface area contributed by atoms with E-state index in [0.717, 1.165) is 11.3 Å². The molecule has 2 heterocycles. The molecule has 0 N–H and O–H groups in total. The Balaban J connectivity index is 1.81. The molecule has 1 aliphatic rings. The standard InChI is InChI=1S/C20H16ClFN2O/c21-17-8-2-1-7-16(17)19-18-9-4-10-23(18)11-12-24(19)20(25)14-5-3-6-15(22)13-14/h1-10,13,19H,11-12H2/t19-/m0/s1. The maximum absolute atomic E-state index is 13.6. The molecule has 0 saturated heterocycles. The van der Waals surface area contributed by atoms with E-state index in [9.17, 15) is 9.18 Å². The summed E-state index contributed by atoms with van der Waals surface area (Å²) in [6, 6.07) is 17.0. The van der Waals surface area contributed by atoms with Gasteiger partial charge in [0.05, 0.1) is 6.04 Å². The summed E-state index contributed by atoms with van der Waals surface area (Å²) in [5, 5.41) is 0.610. The van der Waals surface area contributed by atoms with Gasteiger partial charge in [0.2, 0.25) is 0 Å². The van der Waals surface area contributed by atoms with Crippen LogP contribution in [0.15, 0.2) is 66.9 Å². The van der Waals surface area contributed by atoms with Crippen molar-refractivity contribution in [3.8, 4) is 0 Å². The van der Waals surface area contributed by atoms with E-state index in [1.807, 2.05) is 42.6 Å². The molecule has 3 nitrogen and oxygen atoms in total. The van der Waals surface area contributed by atoms with Crippen molar-refractivity contribution in [2.24, 2.45) is 0 Å². The molecule has 1 atom stereocenters. The van der Waals surface area contributed by atoms with Gasteiger partial charge in [-0.2, -0.15) is 0 Å². The van der Waals surface area contributed by atoms with E-state index in [0.29, 0.717) is 23.7 Å². The molecule has 126 valence electrons. The van der Waals surface area contributed by atoms with Gasteiger partial charge in [-0.05, 0) is 42.0 Å². The molecule has 3 aromatic rings. The first kappa shape index (κ1) is 15.9. The maximum Gasteiger partial charge on any atom is 0.254 e. The van der Waals surface area contributed by atoms with Gasteiger partial charge < -0.3 is 9.47 Å². The first-order valence-electron chi connectivity index (χ1n) is 8.11. The molecule has 1 aromatic heterocycles. The smallest absolute Gasteiger partial charge is 0.254 e. The van der Waals surface area contributed by atoms with E-state index in [1.54, 1.807) is 17.0 Å². The SMILES string of the molecule is O=C(c1cccc(F)c1)N1CCn2cccc2[C@@H]1c1ccccc1Cl. The van der Waals surface area contributed by atoms with Gasteiger partial charge in [0, 0.05) is 35.6 Å². The topological polar surface area (TPSA) is 25.2 Å². The largest absolute Gasteiger partial charge is 0.348 e. The fourth-order valence-electron chi connectivity index (χ4n) is 3.41. The lowest BCUT2D eigenvalue weighted by atomic mass is 9.98. The lowest BCUT2D eigenvalue weighted by Crippen LogP contribution is -2.42. The number of halogens is 2. The van der Waals surface area contributed by atoms with Crippen molar-refractivity contribution < 1.29 is 9.18 Å². The summed E-state index contributed by atoms with van der Waals surface area (Å²) in [6.45, 7) is 1.23. The van der Waals surface area contributed by atoms with E-state index < -0.39 is 5.82 Å². The summed E-state index contributed by atoms with van der Waals surface area (Å²) >= 11 is 6.43. The lowest BCUT2D eigenvalue weighted by molar-refractivity contribution is 0.0663. The fourth-order valence-corrected chi connectivity index (χ4v) is 3.65. The summed E-state index contributed by atoms with van der Waals surface area (Å²) < 4.78 is 15.7. The van der Waals surface area contributed by atoms with Crippen LogP contribution in [0.2, 0.25) is 5.02 Å². The van der Waals surface area contributed by atoms with Gasteiger partial charge in [-0.15, -0.1) is 0 Å². The summed E-state index contributed by atoms with van der Waals surface area (Å²) in [4.78, 5) is 14.9. The number of benzene rings is 2. The number of aromatic nitrogens is 1. The molecule has 1 amide bonds. The highest BCUT2D eigenvalue weighted by Gasteiger charge is 2.33. The van der Waals surface area contributed by atoms with Crippen molar-refractivity contribution in [3.05, 3.63) is 94.5 Å². The first-order chi connectivity index (χ1) is 12.1. The van der Waals surface area contributed by atoms with Crippen molar-refractivity contribution in [2.75, 3.05) is 6.54 Å². The van der Waals surface area contributed by atoms with Gasteiger partial charge in [-0.25, -0.2) is 4.39 Å². The zero-order chi connectivity index (χ0) is 17.4. The predicted octanol–water partition coefficient (Wildman–Crippen LogP) is 4.53. The lowest BCUT2D eigenvalue weighted by Gasteiger charge is -2.37. The average molecular weight is 355 g/mol. The molecule has 0 spiro atoms. The predicted molar refractivity (Wildman–Crippen MR) is 95.2 cm³/mol. The Labute approximate surface area is 150 Å². The Morgan fingerprint density at radius 2 is 1.88 bits per heavy atom. The minimum atomic E-state index is -0.416. The number of amides is 1. The van der Waals surface area contributed by atoms with Crippen LogP contribution in [0.4, 0.5) is 4.39 Å². The van der Waals surface area contributed by atoms with Crippen LogP contribution in [0.3, 0.4) is 0 Å². The summed E-state index contributed by atoms with van der Waals surface area (Å²) in [7, 11) is 0. The van der Waals surface area contributed by atoms with Crippen LogP contribution in [-0.2, 0) is 6.54 Å². The van der Waals surface area contributed by atoms with Crippen LogP contribution in [0, 0.1) is 5.82 Å². The molecule has 0 aliphatic carbocycles. The highest BCUT2D eigenvalue weighted by molar-refractivity contribution is 6.31. The minimum Gasteiger partial charge on any atom is -0.348 e. The van der Waals surface area contributed by atoms with Crippen molar-refractivity contribution in [2.45, 2.75) is 12.6 Å². The van der Waals surface area contributed by atoms with E-state index in [2.05, 4.69) is 4.57 Å². The number of carbonyl (C=O) groups excluding carboxylic acids is 1. The molecule has 0 unspecified atom stereocenters. The van der Waals surface area contributed by atoms with Crippen molar-refractivity contribution in [3.63, 3.8) is 0 Å². The molecular weight excluding hydrogens is 339 g/mol. The van der Waals surface area contributed by atoms with Crippen LogP contribution in [0.1, 0.15) is 27.7 Å². The van der Waals surface area contributed by atoms with Gasteiger partial charge in [0.1, 0.15) is 5.82 Å². The molecule has 0 bridgehead atoms. The number of fused-ring (bicyclic) bond motifs is 1. The Kier molecular flexibility index (Phi) is 4.06. The maximum atomic E-state index is 13.6. The fraction of sp³-hybridized carbons (Fsp3) is 0.150. The number of rotatable bonds is 2. The second-order valence-electron chi connectivity index (χ2n) is 6.06. The number of hydrogen-bond acceptors (Lipinski definition) is 1. The zero-order valence-corrected chi connectivity index (χ0v) is 14.2. The molecule has 0 radical (unpaired) electrons. The van der Waals surface area contributed by atoms with Gasteiger partial charge in [0.15, 0.2) is 0 Å². The Bertz CT molecular complexity index is 937. The second kappa shape index (κ2) is 6.37. The van der Waals surface area contributed by atoms with Crippen molar-refractivity contribution in [1.82, 2.24) is 9.47 Å². The van der Waals surface area contributed by atoms with Crippen LogP contribution in [0.25, 0.3) is 0 Å². The molecule has 5 heteroatoms. The van der Waals surface area contributed by atoms with Gasteiger partial charge >= 0.3 is 0 Å². The molecule has 4 rings (SSSR count). The zero-order valence-electron chi connectivity index (χ0n) is 13.4.